The van der Waals surface area contributed by atoms with E-state index in [-0.39, 0.29) is 28.0 Å². The highest BCUT2D eigenvalue weighted by Crippen LogP contribution is 2.40. The summed E-state index contributed by atoms with van der Waals surface area (Å²) in [6.07, 6.45) is 2.42. The summed E-state index contributed by atoms with van der Waals surface area (Å²) >= 11 is 6.67. The van der Waals surface area contributed by atoms with Gasteiger partial charge in [0, 0.05) is 37.4 Å². The zero-order valence-electron chi connectivity index (χ0n) is 17.8. The molecule has 0 saturated heterocycles. The molecule has 0 fully saturated rings. The highest BCUT2D eigenvalue weighted by Gasteiger charge is 2.23. The van der Waals surface area contributed by atoms with Crippen LogP contribution >= 0.6 is 11.6 Å². The van der Waals surface area contributed by atoms with Crippen LogP contribution in [-0.2, 0) is 26.4 Å². The van der Waals surface area contributed by atoms with Crippen LogP contribution in [0.15, 0.2) is 64.2 Å². The Balaban J connectivity index is 2.35. The van der Waals surface area contributed by atoms with Gasteiger partial charge >= 0.3 is 0 Å². The highest BCUT2D eigenvalue weighted by molar-refractivity contribution is 7.90. The molecule has 0 saturated carbocycles. The van der Waals surface area contributed by atoms with Crippen molar-refractivity contribution < 1.29 is 27.0 Å². The summed E-state index contributed by atoms with van der Waals surface area (Å²) < 4.78 is 66.5. The number of fused-ring (bicyclic) bond motifs is 1. The number of quaternary nitrogens is 1. The third-order valence-electron chi connectivity index (χ3n) is 4.98. The van der Waals surface area contributed by atoms with Gasteiger partial charge in [0.2, 0.25) is 10.0 Å². The van der Waals surface area contributed by atoms with Gasteiger partial charge in [-0.1, -0.05) is 23.7 Å². The Hall–Kier alpha value is -2.24. The quantitative estimate of drug-likeness (QED) is 0.538. The minimum Gasteiger partial charge on any atom is -0.354 e. The van der Waals surface area contributed by atoms with Gasteiger partial charge in [-0.3, -0.25) is 0 Å². The fraction of sp³-hybridized carbons (Fsp3) is 0.238. The van der Waals surface area contributed by atoms with Gasteiger partial charge in [0.1, 0.15) is 11.0 Å². The maximum absolute atomic E-state index is 14.3. The molecule has 3 N–H and O–H groups in total. The van der Waals surface area contributed by atoms with Crippen molar-refractivity contribution in [3.05, 3.63) is 59.5 Å². The maximum Gasteiger partial charge on any atom is 0.242 e. The van der Waals surface area contributed by atoms with Crippen LogP contribution in [0.5, 0.6) is 0 Å². The molecule has 0 radical (unpaired) electrons. The zero-order chi connectivity index (χ0) is 23.8. The molecule has 0 amide bonds. The Morgan fingerprint density at radius 1 is 1.12 bits per heavy atom. The van der Waals surface area contributed by atoms with Crippen molar-refractivity contribution in [2.24, 2.45) is 0 Å². The summed E-state index contributed by atoms with van der Waals surface area (Å²) in [5.41, 5.74) is 5.01. The normalized spacial score (nSPS) is 13.3. The van der Waals surface area contributed by atoms with Crippen LogP contribution in [-0.4, -0.2) is 52.6 Å². The lowest BCUT2D eigenvalue weighted by atomic mass is 10.1. The largest absolute Gasteiger partial charge is 0.354 e. The first-order chi connectivity index (χ1) is 14.9. The molecule has 11 heteroatoms. The van der Waals surface area contributed by atoms with Crippen LogP contribution in [0.1, 0.15) is 0 Å². The second-order valence-corrected chi connectivity index (χ2v) is 12.0. The summed E-state index contributed by atoms with van der Waals surface area (Å²) in [4.78, 5) is 0.130. The molecule has 0 atom stereocenters. The van der Waals surface area contributed by atoms with Crippen molar-refractivity contribution in [3.63, 3.8) is 0 Å². The Morgan fingerprint density at radius 3 is 2.41 bits per heavy atom. The molecule has 3 rings (SSSR count). The molecular weight excluding hydrogens is 477 g/mol. The van der Waals surface area contributed by atoms with Crippen LogP contribution in [0.2, 0.25) is 5.15 Å². The highest BCUT2D eigenvalue weighted by atomic mass is 35.5. The number of halogens is 2. The monoisotopic (exact) mass is 500 g/mol. The second-order valence-electron chi connectivity index (χ2n) is 7.46. The van der Waals surface area contributed by atoms with Crippen LogP contribution in [0.3, 0.4) is 0 Å². The molecule has 1 heterocycles. The first kappa shape index (κ1) is 24.4. The number of benzene rings is 2. The molecule has 0 unspecified atom stereocenters. The number of hydrogen-bond donors (Lipinski definition) is 1. The van der Waals surface area contributed by atoms with Gasteiger partial charge in [-0.05, 0) is 35.9 Å². The predicted molar refractivity (Wildman–Crippen MR) is 123 cm³/mol. The number of sulfonamides is 1. The van der Waals surface area contributed by atoms with Gasteiger partial charge in [0.25, 0.3) is 0 Å². The Kier molecular flexibility index (Phi) is 6.83. The van der Waals surface area contributed by atoms with Crippen LogP contribution in [0.4, 0.5) is 4.39 Å². The van der Waals surface area contributed by atoms with Gasteiger partial charge < -0.3 is 10.3 Å². The lowest BCUT2D eigenvalue weighted by Gasteiger charge is -2.12. The third kappa shape index (κ3) is 4.60. The van der Waals surface area contributed by atoms with E-state index in [1.807, 2.05) is 0 Å². The molecule has 0 spiro atoms. The number of rotatable bonds is 7. The maximum atomic E-state index is 14.3. The zero-order valence-corrected chi connectivity index (χ0v) is 20.2. The summed E-state index contributed by atoms with van der Waals surface area (Å²) in [6, 6.07) is 10.7. The van der Waals surface area contributed by atoms with E-state index in [0.717, 1.165) is 10.6 Å². The van der Waals surface area contributed by atoms with E-state index in [1.54, 1.807) is 18.2 Å². The summed E-state index contributed by atoms with van der Waals surface area (Å²) in [6.45, 7) is 0.0942. The number of sulfone groups is 1. The fourth-order valence-corrected chi connectivity index (χ4v) is 5.31. The first-order valence-corrected chi connectivity index (χ1v) is 13.3. The molecule has 0 aliphatic rings. The Labute approximate surface area is 191 Å². The fourth-order valence-electron chi connectivity index (χ4n) is 3.36. The lowest BCUT2D eigenvalue weighted by molar-refractivity contribution is -0.353. The molecule has 0 aliphatic heterocycles. The smallest absolute Gasteiger partial charge is 0.242 e. The van der Waals surface area contributed by atoms with E-state index in [0.29, 0.717) is 22.0 Å². The Bertz CT molecular complexity index is 1430. The standard InChI is InChI=1S/C21H23ClFN3O4S2/c1-25(2)32(29,30)17-6-4-5-14(11-17)20-18-12-16(31(3,27)28)7-8-19(18)26(21(20)22)13-15(23)9-10-24/h4-9,11-12H,10,13,24H2,1-3H3/p+1. The van der Waals surface area contributed by atoms with Crippen molar-refractivity contribution in [2.45, 2.75) is 16.3 Å². The van der Waals surface area contributed by atoms with Gasteiger partial charge in [-0.2, -0.15) is 0 Å². The van der Waals surface area contributed by atoms with Gasteiger partial charge in [0.15, 0.2) is 9.84 Å². The average Bonchev–Trinajstić information content (AvgIpc) is 2.98. The number of nitrogens with zero attached hydrogens (tertiary/aromatic N) is 2. The SMILES string of the molecule is CN(C)S(=O)(=O)c1cccc(-c2c(Cl)n(CC(F)=CC[NH3+])c3ccc(S(C)(=O)=O)cc23)c1. The molecule has 0 bridgehead atoms. The molecular formula is C21H24ClFN3O4S2+. The molecule has 172 valence electrons. The van der Waals surface area contributed by atoms with E-state index in [4.69, 9.17) is 11.6 Å². The molecule has 7 nitrogen and oxygen atoms in total. The summed E-state index contributed by atoms with van der Waals surface area (Å²) in [5.74, 6) is -0.443. The van der Waals surface area contributed by atoms with E-state index in [1.165, 1.54) is 49.0 Å². The van der Waals surface area contributed by atoms with Crippen molar-refractivity contribution in [3.8, 4) is 11.1 Å². The van der Waals surface area contributed by atoms with Crippen LogP contribution < -0.4 is 5.73 Å². The van der Waals surface area contributed by atoms with Crippen LogP contribution in [0, 0.1) is 0 Å². The van der Waals surface area contributed by atoms with Gasteiger partial charge in [0.05, 0.1) is 28.4 Å². The lowest BCUT2D eigenvalue weighted by Crippen LogP contribution is -2.49. The minimum absolute atomic E-state index is 0.0550. The Morgan fingerprint density at radius 2 is 1.81 bits per heavy atom. The predicted octanol–water partition coefficient (Wildman–Crippen LogP) is 2.71. The van der Waals surface area contributed by atoms with Crippen molar-refractivity contribution in [1.29, 1.82) is 0 Å². The number of allylic oxidation sites excluding steroid dienone is 1. The molecule has 2 aromatic carbocycles. The molecule has 1 aromatic heterocycles. The summed E-state index contributed by atoms with van der Waals surface area (Å²) in [7, 11) is -4.38. The van der Waals surface area contributed by atoms with E-state index in [2.05, 4.69) is 5.73 Å². The molecule has 3 aromatic rings. The number of aromatic nitrogens is 1. The minimum atomic E-state index is -3.71. The molecule has 32 heavy (non-hydrogen) atoms. The number of hydrogen-bond acceptors (Lipinski definition) is 4. The average molecular weight is 501 g/mol. The van der Waals surface area contributed by atoms with Gasteiger partial charge in [-0.15, -0.1) is 0 Å². The van der Waals surface area contributed by atoms with E-state index >= 15 is 0 Å². The van der Waals surface area contributed by atoms with E-state index in [9.17, 15) is 21.2 Å². The van der Waals surface area contributed by atoms with Crippen molar-refractivity contribution in [2.75, 3.05) is 26.9 Å². The second kappa shape index (κ2) is 8.95. The first-order valence-electron chi connectivity index (χ1n) is 9.56. The van der Waals surface area contributed by atoms with Crippen molar-refractivity contribution >= 4 is 42.4 Å². The van der Waals surface area contributed by atoms with E-state index < -0.39 is 25.7 Å². The summed E-state index contributed by atoms with van der Waals surface area (Å²) in [5, 5.41) is 0.636. The van der Waals surface area contributed by atoms with Crippen molar-refractivity contribution in [1.82, 2.24) is 8.87 Å². The van der Waals surface area contributed by atoms with Gasteiger partial charge in [-0.25, -0.2) is 25.5 Å². The third-order valence-corrected chi connectivity index (χ3v) is 8.29. The topological polar surface area (TPSA) is 104 Å². The molecule has 0 aliphatic carbocycles. The van der Waals surface area contributed by atoms with Crippen LogP contribution in [0.25, 0.3) is 22.0 Å².